The third-order valence-corrected chi connectivity index (χ3v) is 3.06. The van der Waals surface area contributed by atoms with E-state index in [2.05, 4.69) is 5.32 Å². The topological polar surface area (TPSA) is 38.3 Å². The first kappa shape index (κ1) is 12.8. The molecule has 0 spiro atoms. The molecule has 1 aliphatic heterocycles. The van der Waals surface area contributed by atoms with Gasteiger partial charge in [0.2, 0.25) is 0 Å². The standard InChI is InChI=1S/C11H20ClNO2/c1-10(2,6-7-12)13-9(14)11(3)5-4-8-15-11/h4-8H2,1-3H3,(H,13,14). The van der Waals surface area contributed by atoms with Gasteiger partial charge in [0.25, 0.3) is 5.91 Å². The summed E-state index contributed by atoms with van der Waals surface area (Å²) >= 11 is 5.68. The van der Waals surface area contributed by atoms with Gasteiger partial charge in [-0.3, -0.25) is 4.79 Å². The Bertz CT molecular complexity index is 235. The molecule has 1 aliphatic rings. The average Bonchev–Trinajstić information content (AvgIpc) is 2.52. The van der Waals surface area contributed by atoms with Crippen molar-refractivity contribution in [3.8, 4) is 0 Å². The minimum absolute atomic E-state index is 0.0184. The molecule has 3 nitrogen and oxygen atoms in total. The highest BCUT2D eigenvalue weighted by molar-refractivity contribution is 6.17. The Labute approximate surface area is 96.5 Å². The Morgan fingerprint density at radius 3 is 2.73 bits per heavy atom. The molecule has 1 amide bonds. The van der Waals surface area contributed by atoms with Crippen molar-refractivity contribution in [3.63, 3.8) is 0 Å². The fraction of sp³-hybridized carbons (Fsp3) is 0.909. The first-order chi connectivity index (χ1) is 6.90. The van der Waals surface area contributed by atoms with Crippen LogP contribution in [0.3, 0.4) is 0 Å². The summed E-state index contributed by atoms with van der Waals surface area (Å²) in [5.74, 6) is 0.528. The number of rotatable bonds is 4. The van der Waals surface area contributed by atoms with Crippen LogP contribution in [-0.4, -0.2) is 29.5 Å². The molecule has 1 saturated heterocycles. The second-order valence-corrected chi connectivity index (χ2v) is 5.34. The first-order valence-electron chi connectivity index (χ1n) is 5.42. The highest BCUT2D eigenvalue weighted by Crippen LogP contribution is 2.26. The van der Waals surface area contributed by atoms with Gasteiger partial charge in [-0.2, -0.15) is 0 Å². The van der Waals surface area contributed by atoms with E-state index in [1.807, 2.05) is 20.8 Å². The predicted octanol–water partition coefficient (Wildman–Crippen LogP) is 2.08. The van der Waals surface area contributed by atoms with E-state index in [1.165, 1.54) is 0 Å². The quantitative estimate of drug-likeness (QED) is 0.756. The average molecular weight is 234 g/mol. The van der Waals surface area contributed by atoms with Gasteiger partial charge in [-0.25, -0.2) is 0 Å². The summed E-state index contributed by atoms with van der Waals surface area (Å²) in [6.07, 6.45) is 2.52. The van der Waals surface area contributed by atoms with Gasteiger partial charge >= 0.3 is 0 Å². The van der Waals surface area contributed by atoms with Crippen molar-refractivity contribution >= 4 is 17.5 Å². The molecule has 1 rings (SSSR count). The number of halogens is 1. The van der Waals surface area contributed by atoms with Crippen LogP contribution in [0.4, 0.5) is 0 Å². The number of alkyl halides is 1. The molecule has 1 N–H and O–H groups in total. The maximum Gasteiger partial charge on any atom is 0.252 e. The zero-order valence-corrected chi connectivity index (χ0v) is 10.5. The molecule has 0 aromatic carbocycles. The number of carbonyl (C=O) groups excluding carboxylic acids is 1. The molecule has 0 bridgehead atoms. The van der Waals surface area contributed by atoms with E-state index in [9.17, 15) is 4.79 Å². The molecule has 0 aromatic rings. The van der Waals surface area contributed by atoms with E-state index < -0.39 is 5.60 Å². The van der Waals surface area contributed by atoms with Crippen molar-refractivity contribution in [2.24, 2.45) is 0 Å². The monoisotopic (exact) mass is 233 g/mol. The van der Waals surface area contributed by atoms with E-state index in [4.69, 9.17) is 16.3 Å². The molecule has 1 atom stereocenters. The van der Waals surface area contributed by atoms with Gasteiger partial charge in [-0.15, -0.1) is 11.6 Å². The number of ether oxygens (including phenoxy) is 1. The van der Waals surface area contributed by atoms with Crippen LogP contribution in [0.2, 0.25) is 0 Å². The Morgan fingerprint density at radius 2 is 2.27 bits per heavy atom. The van der Waals surface area contributed by atoms with Gasteiger partial charge in [-0.1, -0.05) is 0 Å². The molecule has 88 valence electrons. The van der Waals surface area contributed by atoms with Gasteiger partial charge in [-0.05, 0) is 40.0 Å². The second kappa shape index (κ2) is 4.71. The van der Waals surface area contributed by atoms with Crippen molar-refractivity contribution in [2.45, 2.75) is 51.2 Å². The molecule has 1 unspecified atom stereocenters. The molecule has 1 heterocycles. The van der Waals surface area contributed by atoms with Gasteiger partial charge < -0.3 is 10.1 Å². The summed E-state index contributed by atoms with van der Waals surface area (Å²) in [7, 11) is 0. The summed E-state index contributed by atoms with van der Waals surface area (Å²) in [5.41, 5.74) is -0.891. The van der Waals surface area contributed by atoms with Crippen molar-refractivity contribution < 1.29 is 9.53 Å². The number of hydrogen-bond donors (Lipinski definition) is 1. The molecule has 1 fully saturated rings. The molecule has 4 heteroatoms. The van der Waals surface area contributed by atoms with Gasteiger partial charge in [0.1, 0.15) is 5.60 Å². The first-order valence-corrected chi connectivity index (χ1v) is 5.96. The van der Waals surface area contributed by atoms with Crippen LogP contribution in [0.25, 0.3) is 0 Å². The van der Waals surface area contributed by atoms with Crippen LogP contribution < -0.4 is 5.32 Å². The Kier molecular flexibility index (Phi) is 4.01. The molecule has 0 aliphatic carbocycles. The third kappa shape index (κ3) is 3.35. The van der Waals surface area contributed by atoms with Crippen molar-refractivity contribution in [1.82, 2.24) is 5.32 Å². The molecule has 0 aromatic heterocycles. The smallest absolute Gasteiger partial charge is 0.252 e. The molecular formula is C11H20ClNO2. The van der Waals surface area contributed by atoms with E-state index >= 15 is 0 Å². The maximum absolute atomic E-state index is 12.0. The lowest BCUT2D eigenvalue weighted by atomic mass is 9.97. The second-order valence-electron chi connectivity index (χ2n) is 4.96. The lowest BCUT2D eigenvalue weighted by molar-refractivity contribution is -0.141. The fourth-order valence-corrected chi connectivity index (χ4v) is 2.17. The number of carbonyl (C=O) groups is 1. The Hall–Kier alpha value is -0.280. The summed E-state index contributed by atoms with van der Waals surface area (Å²) in [4.78, 5) is 12.0. The minimum Gasteiger partial charge on any atom is -0.365 e. The van der Waals surface area contributed by atoms with Crippen LogP contribution in [-0.2, 0) is 9.53 Å². The predicted molar refractivity (Wildman–Crippen MR) is 61.1 cm³/mol. The largest absolute Gasteiger partial charge is 0.365 e. The summed E-state index contributed by atoms with van der Waals surface area (Å²) in [6.45, 7) is 6.49. The van der Waals surface area contributed by atoms with E-state index in [0.717, 1.165) is 19.3 Å². The molecule has 0 radical (unpaired) electrons. The van der Waals surface area contributed by atoms with E-state index in [-0.39, 0.29) is 11.4 Å². The summed E-state index contributed by atoms with van der Waals surface area (Å²) < 4.78 is 5.48. The lowest BCUT2D eigenvalue weighted by Crippen LogP contribution is -2.52. The van der Waals surface area contributed by atoms with Crippen LogP contribution in [0.5, 0.6) is 0 Å². The van der Waals surface area contributed by atoms with Gasteiger partial charge in [0.05, 0.1) is 0 Å². The van der Waals surface area contributed by atoms with Gasteiger partial charge in [0, 0.05) is 18.0 Å². The minimum atomic E-state index is -0.635. The maximum atomic E-state index is 12.0. The highest BCUT2D eigenvalue weighted by atomic mass is 35.5. The van der Waals surface area contributed by atoms with Crippen LogP contribution in [0.1, 0.15) is 40.0 Å². The van der Waals surface area contributed by atoms with Crippen LogP contribution in [0, 0.1) is 0 Å². The number of hydrogen-bond acceptors (Lipinski definition) is 2. The number of amides is 1. The summed E-state index contributed by atoms with van der Waals surface area (Å²) in [5, 5.41) is 2.99. The van der Waals surface area contributed by atoms with Crippen LogP contribution >= 0.6 is 11.6 Å². The summed E-state index contributed by atoms with van der Waals surface area (Å²) in [6, 6.07) is 0. The normalized spacial score (nSPS) is 26.7. The zero-order chi connectivity index (χ0) is 11.5. The molecule has 0 saturated carbocycles. The lowest BCUT2D eigenvalue weighted by Gasteiger charge is -2.31. The molecular weight excluding hydrogens is 214 g/mol. The Balaban J connectivity index is 2.54. The fourth-order valence-electron chi connectivity index (χ4n) is 1.70. The van der Waals surface area contributed by atoms with Crippen LogP contribution in [0.15, 0.2) is 0 Å². The number of nitrogens with one attached hydrogen (secondary N) is 1. The highest BCUT2D eigenvalue weighted by Gasteiger charge is 2.39. The van der Waals surface area contributed by atoms with E-state index in [1.54, 1.807) is 0 Å². The zero-order valence-electron chi connectivity index (χ0n) is 9.73. The SMILES string of the molecule is CC(C)(CCCl)NC(=O)C1(C)CCCO1. The van der Waals surface area contributed by atoms with Crippen molar-refractivity contribution in [3.05, 3.63) is 0 Å². The third-order valence-electron chi connectivity index (χ3n) is 2.87. The van der Waals surface area contributed by atoms with E-state index in [0.29, 0.717) is 12.5 Å². The van der Waals surface area contributed by atoms with Crippen molar-refractivity contribution in [2.75, 3.05) is 12.5 Å². The van der Waals surface area contributed by atoms with Gasteiger partial charge in [0.15, 0.2) is 0 Å². The van der Waals surface area contributed by atoms with Crippen molar-refractivity contribution in [1.29, 1.82) is 0 Å². The molecule has 15 heavy (non-hydrogen) atoms. The Morgan fingerprint density at radius 1 is 1.60 bits per heavy atom.